The summed E-state index contributed by atoms with van der Waals surface area (Å²) < 4.78 is 0. The van der Waals surface area contributed by atoms with E-state index in [9.17, 15) is 4.79 Å². The molecule has 1 saturated heterocycles. The lowest BCUT2D eigenvalue weighted by Crippen LogP contribution is -2.58. The lowest BCUT2D eigenvalue weighted by atomic mass is 9.90. The highest BCUT2D eigenvalue weighted by molar-refractivity contribution is 7.99. The molecule has 1 rings (SSSR count). The lowest BCUT2D eigenvalue weighted by Gasteiger charge is -2.34. The van der Waals surface area contributed by atoms with Crippen molar-refractivity contribution < 1.29 is 4.79 Å². The summed E-state index contributed by atoms with van der Waals surface area (Å²) in [5.41, 5.74) is -0.343. The minimum atomic E-state index is -0.343. The van der Waals surface area contributed by atoms with E-state index in [1.54, 1.807) is 0 Å². The Kier molecular flexibility index (Phi) is 6.34. The van der Waals surface area contributed by atoms with Crippen LogP contribution < -0.4 is 10.6 Å². The number of amides is 1. The van der Waals surface area contributed by atoms with E-state index in [1.165, 1.54) is 6.42 Å². The van der Waals surface area contributed by atoms with Gasteiger partial charge in [0.05, 0.1) is 5.54 Å². The maximum atomic E-state index is 12.2. The first-order valence-electron chi connectivity index (χ1n) is 6.72. The fourth-order valence-electron chi connectivity index (χ4n) is 2.11. The lowest BCUT2D eigenvalue weighted by molar-refractivity contribution is -0.128. The van der Waals surface area contributed by atoms with Gasteiger partial charge in [0, 0.05) is 6.04 Å². The topological polar surface area (TPSA) is 41.1 Å². The van der Waals surface area contributed by atoms with Crippen molar-refractivity contribution in [3.8, 4) is 0 Å². The predicted molar refractivity (Wildman–Crippen MR) is 75.5 cm³/mol. The molecule has 2 unspecified atom stereocenters. The molecule has 1 fully saturated rings. The van der Waals surface area contributed by atoms with E-state index in [4.69, 9.17) is 0 Å². The molecule has 1 heterocycles. The van der Waals surface area contributed by atoms with Crippen LogP contribution in [0.5, 0.6) is 0 Å². The zero-order chi connectivity index (χ0) is 12.7. The monoisotopic (exact) mass is 258 g/mol. The predicted octanol–water partition coefficient (Wildman–Crippen LogP) is 2.17. The van der Waals surface area contributed by atoms with Gasteiger partial charge >= 0.3 is 0 Å². The number of thioether (sulfide) groups is 1. The summed E-state index contributed by atoms with van der Waals surface area (Å²) in [7, 11) is 0. The third kappa shape index (κ3) is 4.88. The summed E-state index contributed by atoms with van der Waals surface area (Å²) in [6.45, 7) is 7.25. The molecular weight excluding hydrogens is 232 g/mol. The molecule has 0 radical (unpaired) electrons. The van der Waals surface area contributed by atoms with Crippen LogP contribution >= 0.6 is 11.8 Å². The normalized spacial score (nSPS) is 26.5. The Bertz CT molecular complexity index is 240. The van der Waals surface area contributed by atoms with Gasteiger partial charge in [-0.1, -0.05) is 6.92 Å². The van der Waals surface area contributed by atoms with Crippen molar-refractivity contribution in [2.45, 2.75) is 58.0 Å². The molecule has 2 N–H and O–H groups in total. The van der Waals surface area contributed by atoms with Crippen molar-refractivity contribution in [1.82, 2.24) is 10.6 Å². The number of piperidine rings is 1. The van der Waals surface area contributed by atoms with Gasteiger partial charge in [0.25, 0.3) is 0 Å². The summed E-state index contributed by atoms with van der Waals surface area (Å²) in [5.74, 6) is 2.45. The van der Waals surface area contributed by atoms with Crippen molar-refractivity contribution in [2.24, 2.45) is 0 Å². The molecule has 0 saturated carbocycles. The third-order valence-corrected chi connectivity index (χ3v) is 4.33. The van der Waals surface area contributed by atoms with Gasteiger partial charge in [-0.2, -0.15) is 11.8 Å². The van der Waals surface area contributed by atoms with Gasteiger partial charge in [0.1, 0.15) is 0 Å². The molecule has 3 nitrogen and oxygen atoms in total. The third-order valence-electron chi connectivity index (χ3n) is 3.40. The first-order valence-corrected chi connectivity index (χ1v) is 7.87. The van der Waals surface area contributed by atoms with Crippen LogP contribution in [-0.4, -0.2) is 35.5 Å². The zero-order valence-electron chi connectivity index (χ0n) is 11.3. The average Bonchev–Trinajstić information content (AvgIpc) is 2.30. The van der Waals surface area contributed by atoms with Crippen molar-refractivity contribution in [1.29, 1.82) is 0 Å². The smallest absolute Gasteiger partial charge is 0.240 e. The van der Waals surface area contributed by atoms with Gasteiger partial charge in [0.2, 0.25) is 5.91 Å². The first kappa shape index (κ1) is 14.8. The van der Waals surface area contributed by atoms with Crippen LogP contribution in [0, 0.1) is 0 Å². The molecule has 0 aliphatic carbocycles. The zero-order valence-corrected chi connectivity index (χ0v) is 12.2. The Hall–Kier alpha value is -0.220. The second-order valence-electron chi connectivity index (χ2n) is 5.08. The molecule has 0 aromatic heterocycles. The maximum absolute atomic E-state index is 12.2. The molecule has 1 aliphatic heterocycles. The fourth-order valence-corrected chi connectivity index (χ4v) is 2.92. The van der Waals surface area contributed by atoms with Crippen LogP contribution in [0.15, 0.2) is 0 Å². The van der Waals surface area contributed by atoms with E-state index in [-0.39, 0.29) is 17.5 Å². The van der Waals surface area contributed by atoms with Gasteiger partial charge in [-0.3, -0.25) is 4.79 Å². The molecule has 100 valence electrons. The van der Waals surface area contributed by atoms with Gasteiger partial charge < -0.3 is 10.6 Å². The highest BCUT2D eigenvalue weighted by atomic mass is 32.2. The quantitative estimate of drug-likeness (QED) is 0.717. The van der Waals surface area contributed by atoms with E-state index >= 15 is 0 Å². The van der Waals surface area contributed by atoms with Crippen LogP contribution in [0.2, 0.25) is 0 Å². The van der Waals surface area contributed by atoms with Crippen molar-refractivity contribution in [3.05, 3.63) is 0 Å². The van der Waals surface area contributed by atoms with E-state index in [0.717, 1.165) is 37.3 Å². The van der Waals surface area contributed by atoms with Crippen LogP contribution in [0.4, 0.5) is 0 Å². The van der Waals surface area contributed by atoms with E-state index in [2.05, 4.69) is 24.5 Å². The Morgan fingerprint density at radius 3 is 2.88 bits per heavy atom. The molecular formula is C13H26N2OS. The molecule has 1 aliphatic rings. The Labute approximate surface area is 109 Å². The average molecular weight is 258 g/mol. The van der Waals surface area contributed by atoms with E-state index in [1.807, 2.05) is 18.7 Å². The van der Waals surface area contributed by atoms with Gasteiger partial charge in [-0.15, -0.1) is 0 Å². The van der Waals surface area contributed by atoms with Crippen LogP contribution in [-0.2, 0) is 4.79 Å². The summed E-state index contributed by atoms with van der Waals surface area (Å²) >= 11 is 1.93. The maximum Gasteiger partial charge on any atom is 0.240 e. The Morgan fingerprint density at radius 1 is 1.53 bits per heavy atom. The molecule has 0 spiro atoms. The molecule has 0 aromatic carbocycles. The molecule has 0 aromatic rings. The standard InChI is InChI=1S/C13H26N2OS/c1-4-17-10-7-11(2)15-12(16)13(3)8-5-6-9-14-13/h11,14H,4-10H2,1-3H3,(H,15,16). The van der Waals surface area contributed by atoms with E-state index < -0.39 is 0 Å². The number of carbonyl (C=O) groups excluding carboxylic acids is 1. The molecule has 2 atom stereocenters. The summed E-state index contributed by atoms with van der Waals surface area (Å²) in [4.78, 5) is 12.2. The fraction of sp³-hybridized carbons (Fsp3) is 0.923. The largest absolute Gasteiger partial charge is 0.352 e. The number of hydrogen-bond acceptors (Lipinski definition) is 3. The number of rotatable bonds is 6. The second kappa shape index (κ2) is 7.27. The van der Waals surface area contributed by atoms with Crippen LogP contribution in [0.25, 0.3) is 0 Å². The minimum absolute atomic E-state index is 0.172. The summed E-state index contributed by atoms with van der Waals surface area (Å²) in [5, 5.41) is 6.48. The van der Waals surface area contributed by atoms with Crippen molar-refractivity contribution in [2.75, 3.05) is 18.1 Å². The highest BCUT2D eigenvalue weighted by Gasteiger charge is 2.34. The highest BCUT2D eigenvalue weighted by Crippen LogP contribution is 2.19. The van der Waals surface area contributed by atoms with Crippen LogP contribution in [0.1, 0.15) is 46.5 Å². The molecule has 17 heavy (non-hydrogen) atoms. The molecule has 4 heteroatoms. The minimum Gasteiger partial charge on any atom is -0.352 e. The summed E-state index contributed by atoms with van der Waals surface area (Å²) in [6.07, 6.45) is 4.35. The second-order valence-corrected chi connectivity index (χ2v) is 6.47. The Balaban J connectivity index is 2.31. The Morgan fingerprint density at radius 2 is 2.29 bits per heavy atom. The van der Waals surface area contributed by atoms with Crippen LogP contribution in [0.3, 0.4) is 0 Å². The SMILES string of the molecule is CCSCCC(C)NC(=O)C1(C)CCCCN1. The van der Waals surface area contributed by atoms with Gasteiger partial charge in [-0.25, -0.2) is 0 Å². The van der Waals surface area contributed by atoms with Gasteiger partial charge in [-0.05, 0) is 57.6 Å². The molecule has 1 amide bonds. The van der Waals surface area contributed by atoms with Crippen molar-refractivity contribution >= 4 is 17.7 Å². The number of carbonyl (C=O) groups is 1. The van der Waals surface area contributed by atoms with Crippen molar-refractivity contribution in [3.63, 3.8) is 0 Å². The van der Waals surface area contributed by atoms with E-state index in [0.29, 0.717) is 0 Å². The summed E-state index contributed by atoms with van der Waals surface area (Å²) in [6, 6.07) is 0.280. The molecule has 0 bridgehead atoms. The number of nitrogens with one attached hydrogen (secondary N) is 2. The number of hydrogen-bond donors (Lipinski definition) is 2. The first-order chi connectivity index (χ1) is 8.08. The van der Waals surface area contributed by atoms with Gasteiger partial charge in [0.15, 0.2) is 0 Å².